The molecule has 5 nitrogen and oxygen atoms in total. The minimum absolute atomic E-state index is 0.226. The van der Waals surface area contributed by atoms with Crippen molar-refractivity contribution in [2.75, 3.05) is 18.0 Å². The highest BCUT2D eigenvalue weighted by Crippen LogP contribution is 2.17. The molecule has 2 heterocycles. The summed E-state index contributed by atoms with van der Waals surface area (Å²) in [4.78, 5) is 17.2. The van der Waals surface area contributed by atoms with Gasteiger partial charge in [-0.05, 0) is 26.0 Å². The van der Waals surface area contributed by atoms with Gasteiger partial charge in [-0.3, -0.25) is 0 Å². The van der Waals surface area contributed by atoms with Gasteiger partial charge < -0.3 is 15.3 Å². The summed E-state index contributed by atoms with van der Waals surface area (Å²) in [5.41, 5.74) is 0.226. The third-order valence-corrected chi connectivity index (χ3v) is 3.05. The van der Waals surface area contributed by atoms with E-state index in [1.807, 2.05) is 0 Å². The van der Waals surface area contributed by atoms with Crippen LogP contribution in [0.3, 0.4) is 0 Å². The lowest BCUT2D eigenvalue weighted by Gasteiger charge is -2.38. The van der Waals surface area contributed by atoms with Gasteiger partial charge in [0.05, 0.1) is 5.56 Å². The molecule has 0 radical (unpaired) electrons. The molecule has 2 atom stereocenters. The van der Waals surface area contributed by atoms with Crippen LogP contribution in [0.1, 0.15) is 24.2 Å². The number of rotatable bonds is 2. The third-order valence-electron chi connectivity index (χ3n) is 3.05. The molecular weight excluding hydrogens is 218 g/mol. The lowest BCUT2D eigenvalue weighted by Crippen LogP contribution is -2.54. The Morgan fingerprint density at radius 1 is 1.53 bits per heavy atom. The number of piperazine rings is 1. The fraction of sp³-hybridized carbons (Fsp3) is 0.500. The second kappa shape index (κ2) is 4.71. The summed E-state index contributed by atoms with van der Waals surface area (Å²) >= 11 is 0. The number of carboxylic acid groups (broad SMARTS) is 1. The van der Waals surface area contributed by atoms with E-state index in [4.69, 9.17) is 5.11 Å². The standard InChI is InChI=1S/C12H17N3O2/c1-8-7-15(9(2)5-13-8)11-4-3-10(6-14-11)12(16)17/h3-4,6,8-9,13H,5,7H2,1-2H3,(H,16,17). The minimum atomic E-state index is -0.939. The Kier molecular flexibility index (Phi) is 3.28. The van der Waals surface area contributed by atoms with Crippen molar-refractivity contribution in [3.63, 3.8) is 0 Å². The Morgan fingerprint density at radius 2 is 2.29 bits per heavy atom. The molecule has 1 aromatic rings. The van der Waals surface area contributed by atoms with Gasteiger partial charge in [-0.15, -0.1) is 0 Å². The number of pyridine rings is 1. The number of anilines is 1. The van der Waals surface area contributed by atoms with Crippen molar-refractivity contribution in [2.45, 2.75) is 25.9 Å². The lowest BCUT2D eigenvalue weighted by atomic mass is 10.1. The first-order valence-electron chi connectivity index (χ1n) is 5.77. The first kappa shape index (κ1) is 11.9. The molecule has 2 unspecified atom stereocenters. The number of nitrogens with one attached hydrogen (secondary N) is 1. The maximum absolute atomic E-state index is 10.7. The van der Waals surface area contributed by atoms with Crippen molar-refractivity contribution in [3.05, 3.63) is 23.9 Å². The van der Waals surface area contributed by atoms with Crippen LogP contribution >= 0.6 is 0 Å². The Labute approximate surface area is 100 Å². The van der Waals surface area contributed by atoms with E-state index in [0.717, 1.165) is 18.9 Å². The molecule has 1 aliphatic rings. The number of aromatic carboxylic acids is 1. The van der Waals surface area contributed by atoms with Crippen LogP contribution in [-0.2, 0) is 0 Å². The highest BCUT2D eigenvalue weighted by atomic mass is 16.4. The predicted molar refractivity (Wildman–Crippen MR) is 65.5 cm³/mol. The molecular formula is C12H17N3O2. The van der Waals surface area contributed by atoms with E-state index in [9.17, 15) is 4.79 Å². The molecule has 0 spiro atoms. The minimum Gasteiger partial charge on any atom is -0.478 e. The summed E-state index contributed by atoms with van der Waals surface area (Å²) < 4.78 is 0. The number of carbonyl (C=O) groups is 1. The monoisotopic (exact) mass is 235 g/mol. The van der Waals surface area contributed by atoms with Crippen LogP contribution in [0.25, 0.3) is 0 Å². The molecule has 0 bridgehead atoms. The smallest absolute Gasteiger partial charge is 0.337 e. The highest BCUT2D eigenvalue weighted by Gasteiger charge is 2.23. The molecule has 2 N–H and O–H groups in total. The fourth-order valence-corrected chi connectivity index (χ4v) is 2.02. The highest BCUT2D eigenvalue weighted by molar-refractivity contribution is 5.87. The molecule has 0 amide bonds. The molecule has 1 aliphatic heterocycles. The van der Waals surface area contributed by atoms with Gasteiger partial charge >= 0.3 is 5.97 Å². The van der Waals surface area contributed by atoms with E-state index in [2.05, 4.69) is 29.0 Å². The number of aromatic nitrogens is 1. The van der Waals surface area contributed by atoms with Crippen LogP contribution < -0.4 is 10.2 Å². The van der Waals surface area contributed by atoms with Crippen molar-refractivity contribution in [2.24, 2.45) is 0 Å². The molecule has 5 heteroatoms. The third kappa shape index (κ3) is 2.55. The van der Waals surface area contributed by atoms with E-state index in [0.29, 0.717) is 12.1 Å². The average molecular weight is 235 g/mol. The van der Waals surface area contributed by atoms with Gasteiger partial charge in [0.25, 0.3) is 0 Å². The van der Waals surface area contributed by atoms with E-state index < -0.39 is 5.97 Å². The predicted octanol–water partition coefficient (Wildman–Crippen LogP) is 0.966. The molecule has 1 saturated heterocycles. The quantitative estimate of drug-likeness (QED) is 0.799. The van der Waals surface area contributed by atoms with E-state index >= 15 is 0 Å². The Morgan fingerprint density at radius 3 is 2.88 bits per heavy atom. The summed E-state index contributed by atoms with van der Waals surface area (Å²) in [6, 6.07) is 4.17. The number of nitrogens with zero attached hydrogens (tertiary/aromatic N) is 2. The molecule has 1 fully saturated rings. The van der Waals surface area contributed by atoms with E-state index in [-0.39, 0.29) is 5.56 Å². The number of carboxylic acids is 1. The molecule has 0 saturated carbocycles. The Bertz CT molecular complexity index is 405. The molecule has 17 heavy (non-hydrogen) atoms. The number of hydrogen-bond acceptors (Lipinski definition) is 4. The Balaban J connectivity index is 2.18. The fourth-order valence-electron chi connectivity index (χ4n) is 2.02. The van der Waals surface area contributed by atoms with Crippen LogP contribution in [0.2, 0.25) is 0 Å². The van der Waals surface area contributed by atoms with Crippen molar-refractivity contribution in [3.8, 4) is 0 Å². The second-order valence-electron chi connectivity index (χ2n) is 4.52. The first-order valence-corrected chi connectivity index (χ1v) is 5.77. The largest absolute Gasteiger partial charge is 0.478 e. The van der Waals surface area contributed by atoms with E-state index in [1.165, 1.54) is 6.20 Å². The first-order chi connectivity index (χ1) is 8.08. The topological polar surface area (TPSA) is 65.5 Å². The maximum atomic E-state index is 10.7. The van der Waals surface area contributed by atoms with E-state index in [1.54, 1.807) is 12.1 Å². The maximum Gasteiger partial charge on any atom is 0.337 e. The van der Waals surface area contributed by atoms with Crippen molar-refractivity contribution in [1.82, 2.24) is 10.3 Å². The molecule has 1 aromatic heterocycles. The van der Waals surface area contributed by atoms with Gasteiger partial charge in [-0.2, -0.15) is 0 Å². The summed E-state index contributed by atoms with van der Waals surface area (Å²) in [5.74, 6) is -0.0957. The van der Waals surface area contributed by atoms with Crippen molar-refractivity contribution in [1.29, 1.82) is 0 Å². The van der Waals surface area contributed by atoms with Gasteiger partial charge in [0.15, 0.2) is 0 Å². The SMILES string of the molecule is CC1CN(c2ccc(C(=O)O)cn2)C(C)CN1. The summed E-state index contributed by atoms with van der Waals surface area (Å²) in [5, 5.41) is 12.2. The van der Waals surface area contributed by atoms with Crippen LogP contribution in [-0.4, -0.2) is 41.2 Å². The van der Waals surface area contributed by atoms with Crippen molar-refractivity contribution < 1.29 is 9.90 Å². The summed E-state index contributed by atoms with van der Waals surface area (Å²) in [7, 11) is 0. The second-order valence-corrected chi connectivity index (χ2v) is 4.52. The summed E-state index contributed by atoms with van der Waals surface area (Å²) in [6.45, 7) is 6.07. The molecule has 92 valence electrons. The zero-order valence-corrected chi connectivity index (χ0v) is 10.1. The summed E-state index contributed by atoms with van der Waals surface area (Å²) in [6.07, 6.45) is 1.41. The lowest BCUT2D eigenvalue weighted by molar-refractivity contribution is 0.0696. The average Bonchev–Trinajstić information content (AvgIpc) is 2.32. The van der Waals surface area contributed by atoms with Crippen molar-refractivity contribution >= 4 is 11.8 Å². The van der Waals surface area contributed by atoms with Crippen LogP contribution in [0.4, 0.5) is 5.82 Å². The molecule has 2 rings (SSSR count). The van der Waals surface area contributed by atoms with Gasteiger partial charge in [0, 0.05) is 31.4 Å². The van der Waals surface area contributed by atoms with Crippen LogP contribution in [0.5, 0.6) is 0 Å². The van der Waals surface area contributed by atoms with Gasteiger partial charge in [-0.25, -0.2) is 9.78 Å². The zero-order valence-electron chi connectivity index (χ0n) is 10.1. The zero-order chi connectivity index (χ0) is 12.4. The van der Waals surface area contributed by atoms with Crippen LogP contribution in [0, 0.1) is 0 Å². The number of hydrogen-bond donors (Lipinski definition) is 2. The van der Waals surface area contributed by atoms with Gasteiger partial charge in [0.1, 0.15) is 5.82 Å². The normalized spacial score (nSPS) is 24.7. The van der Waals surface area contributed by atoms with Crippen LogP contribution in [0.15, 0.2) is 18.3 Å². The Hall–Kier alpha value is -1.62. The molecule has 0 aliphatic carbocycles. The van der Waals surface area contributed by atoms with Gasteiger partial charge in [0.2, 0.25) is 0 Å². The van der Waals surface area contributed by atoms with Gasteiger partial charge in [-0.1, -0.05) is 0 Å². The molecule has 0 aromatic carbocycles.